The third-order valence-electron chi connectivity index (χ3n) is 5.89. The Morgan fingerprint density at radius 1 is 1.20 bits per heavy atom. The molecule has 2 fully saturated rings. The quantitative estimate of drug-likeness (QED) is 0.667. The van der Waals surface area contributed by atoms with Gasteiger partial charge in [0.25, 0.3) is 0 Å². The molecular weight excluding hydrogens is 310 g/mol. The Kier molecular flexibility index (Phi) is 4.16. The van der Waals surface area contributed by atoms with Crippen LogP contribution >= 0.6 is 0 Å². The third-order valence-corrected chi connectivity index (χ3v) is 5.89. The Morgan fingerprint density at radius 3 is 2.80 bits per heavy atom. The highest BCUT2D eigenvalue weighted by Gasteiger charge is 2.59. The molecule has 3 atom stereocenters. The summed E-state index contributed by atoms with van der Waals surface area (Å²) in [6, 6.07) is 15.5. The van der Waals surface area contributed by atoms with Gasteiger partial charge in [0.05, 0.1) is 6.10 Å². The van der Waals surface area contributed by atoms with Crippen LogP contribution in [0.2, 0.25) is 0 Å². The van der Waals surface area contributed by atoms with Gasteiger partial charge in [0.1, 0.15) is 0 Å². The van der Waals surface area contributed by atoms with Gasteiger partial charge >= 0.3 is 0 Å². The minimum absolute atomic E-state index is 0.154. The molecule has 1 saturated carbocycles. The van der Waals surface area contributed by atoms with Crippen molar-refractivity contribution in [2.75, 3.05) is 13.7 Å². The number of benzene rings is 2. The molecule has 0 spiro atoms. The van der Waals surface area contributed by atoms with Crippen molar-refractivity contribution in [3.8, 4) is 0 Å². The van der Waals surface area contributed by atoms with E-state index < -0.39 is 0 Å². The van der Waals surface area contributed by atoms with E-state index >= 15 is 0 Å². The van der Waals surface area contributed by atoms with Crippen LogP contribution in [-0.4, -0.2) is 31.8 Å². The van der Waals surface area contributed by atoms with E-state index in [2.05, 4.69) is 71.9 Å². The summed E-state index contributed by atoms with van der Waals surface area (Å²) in [6.45, 7) is 6.23. The summed E-state index contributed by atoms with van der Waals surface area (Å²) in [4.78, 5) is 4.42. The van der Waals surface area contributed by atoms with Crippen LogP contribution in [0, 0.1) is 11.3 Å². The monoisotopic (exact) mass is 337 g/mol. The van der Waals surface area contributed by atoms with E-state index in [9.17, 15) is 0 Å². The summed E-state index contributed by atoms with van der Waals surface area (Å²) >= 11 is 0. The minimum Gasteiger partial charge on any atom is -0.377 e. The highest BCUT2D eigenvalue weighted by molar-refractivity contribution is 5.83. The van der Waals surface area contributed by atoms with Crippen LogP contribution in [-0.2, 0) is 11.3 Å². The second-order valence-corrected chi connectivity index (χ2v) is 7.79. The van der Waals surface area contributed by atoms with Gasteiger partial charge < -0.3 is 15.4 Å². The summed E-state index contributed by atoms with van der Waals surface area (Å²) in [5.41, 5.74) is 1.42. The van der Waals surface area contributed by atoms with Gasteiger partial charge in [-0.2, -0.15) is 0 Å². The van der Waals surface area contributed by atoms with Crippen LogP contribution in [0.15, 0.2) is 47.5 Å². The number of hydrogen-bond donors (Lipinski definition) is 2. The van der Waals surface area contributed by atoms with Crippen molar-refractivity contribution in [3.05, 3.63) is 48.0 Å². The van der Waals surface area contributed by atoms with Crippen molar-refractivity contribution < 1.29 is 4.74 Å². The molecule has 0 bridgehead atoms. The van der Waals surface area contributed by atoms with Crippen LogP contribution in [0.3, 0.4) is 0 Å². The van der Waals surface area contributed by atoms with Gasteiger partial charge in [-0.25, -0.2) is 0 Å². The lowest BCUT2D eigenvalue weighted by molar-refractivity contribution is -0.106. The van der Waals surface area contributed by atoms with Gasteiger partial charge in [-0.3, -0.25) is 4.99 Å². The first-order valence-electron chi connectivity index (χ1n) is 9.16. The number of fused-ring (bicyclic) bond motifs is 2. The Bertz CT molecular complexity index is 799. The van der Waals surface area contributed by atoms with Gasteiger partial charge in [0.15, 0.2) is 5.96 Å². The van der Waals surface area contributed by atoms with E-state index in [1.165, 1.54) is 16.3 Å². The summed E-state index contributed by atoms with van der Waals surface area (Å²) < 4.78 is 5.88. The molecular formula is C21H27N3O. The van der Waals surface area contributed by atoms with E-state index in [0.29, 0.717) is 18.1 Å². The maximum absolute atomic E-state index is 5.88. The molecule has 2 aliphatic rings. The third kappa shape index (κ3) is 2.89. The summed E-state index contributed by atoms with van der Waals surface area (Å²) in [6.07, 6.45) is 1.54. The van der Waals surface area contributed by atoms with Crippen LogP contribution in [0.25, 0.3) is 10.8 Å². The molecule has 25 heavy (non-hydrogen) atoms. The van der Waals surface area contributed by atoms with Crippen LogP contribution in [0.5, 0.6) is 0 Å². The maximum atomic E-state index is 5.88. The molecule has 4 rings (SSSR count). The predicted octanol–water partition coefficient (Wildman–Crippen LogP) is 3.32. The summed E-state index contributed by atoms with van der Waals surface area (Å²) in [5.74, 6) is 1.48. The molecule has 2 aromatic rings. The van der Waals surface area contributed by atoms with E-state index in [1.807, 2.05) is 7.05 Å². The van der Waals surface area contributed by atoms with Crippen LogP contribution < -0.4 is 10.6 Å². The summed E-state index contributed by atoms with van der Waals surface area (Å²) in [5, 5.41) is 9.65. The second kappa shape index (κ2) is 6.34. The normalized spacial score (nSPS) is 27.6. The highest BCUT2D eigenvalue weighted by Crippen LogP contribution is 2.52. The molecule has 1 aliphatic heterocycles. The van der Waals surface area contributed by atoms with Crippen LogP contribution in [0.4, 0.5) is 0 Å². The van der Waals surface area contributed by atoms with Crippen molar-refractivity contribution in [2.24, 2.45) is 16.3 Å². The predicted molar refractivity (Wildman–Crippen MR) is 103 cm³/mol. The molecule has 1 heterocycles. The number of ether oxygens (including phenoxy) is 1. The topological polar surface area (TPSA) is 45.7 Å². The van der Waals surface area contributed by atoms with Gasteiger partial charge in [-0.05, 0) is 28.8 Å². The average Bonchev–Trinajstić information content (AvgIpc) is 3.09. The molecule has 0 radical (unpaired) electrons. The van der Waals surface area contributed by atoms with Gasteiger partial charge in [-0.1, -0.05) is 50.2 Å². The van der Waals surface area contributed by atoms with Crippen molar-refractivity contribution in [1.82, 2.24) is 10.6 Å². The molecule has 0 aromatic heterocycles. The zero-order valence-electron chi connectivity index (χ0n) is 15.3. The lowest BCUT2D eigenvalue weighted by Gasteiger charge is -2.54. The van der Waals surface area contributed by atoms with Crippen molar-refractivity contribution in [3.63, 3.8) is 0 Å². The molecule has 4 heteroatoms. The Hall–Kier alpha value is -2.07. The van der Waals surface area contributed by atoms with E-state index in [0.717, 1.165) is 25.5 Å². The SMILES string of the molecule is CN=C(NCc1ccc2ccccc2c1)NC1C2CCOC2C1(C)C. The fourth-order valence-corrected chi connectivity index (χ4v) is 4.49. The number of nitrogens with one attached hydrogen (secondary N) is 2. The fraction of sp³-hybridized carbons (Fsp3) is 0.476. The largest absolute Gasteiger partial charge is 0.377 e. The number of aliphatic imine (C=N–C) groups is 1. The lowest BCUT2D eigenvalue weighted by atomic mass is 9.57. The van der Waals surface area contributed by atoms with Crippen molar-refractivity contribution in [2.45, 2.75) is 39.0 Å². The molecule has 4 nitrogen and oxygen atoms in total. The van der Waals surface area contributed by atoms with Crippen LogP contribution in [0.1, 0.15) is 25.8 Å². The number of hydrogen-bond acceptors (Lipinski definition) is 2. The van der Waals surface area contributed by atoms with Gasteiger partial charge in [-0.15, -0.1) is 0 Å². The van der Waals surface area contributed by atoms with Gasteiger partial charge in [0.2, 0.25) is 0 Å². The smallest absolute Gasteiger partial charge is 0.191 e. The first-order valence-corrected chi connectivity index (χ1v) is 9.16. The zero-order chi connectivity index (χ0) is 17.4. The molecule has 1 aliphatic carbocycles. The van der Waals surface area contributed by atoms with E-state index in [1.54, 1.807) is 0 Å². The standard InChI is InChI=1S/C21H27N3O/c1-21(2)18(17-10-11-25-19(17)21)24-20(22-3)23-13-14-8-9-15-6-4-5-7-16(15)12-14/h4-9,12,17-19H,10-11,13H2,1-3H3,(H2,22,23,24). The summed E-state index contributed by atoms with van der Waals surface area (Å²) in [7, 11) is 1.84. The van der Waals surface area contributed by atoms with Crippen molar-refractivity contribution in [1.29, 1.82) is 0 Å². The first-order chi connectivity index (χ1) is 12.1. The van der Waals surface area contributed by atoms with Gasteiger partial charge in [0, 0.05) is 37.6 Å². The lowest BCUT2D eigenvalue weighted by Crippen LogP contribution is -2.67. The molecule has 132 valence electrons. The minimum atomic E-state index is 0.154. The number of nitrogens with zero attached hydrogens (tertiary/aromatic N) is 1. The average molecular weight is 337 g/mol. The highest BCUT2D eigenvalue weighted by atomic mass is 16.5. The molecule has 0 amide bonds. The zero-order valence-corrected chi connectivity index (χ0v) is 15.3. The maximum Gasteiger partial charge on any atom is 0.191 e. The molecule has 2 N–H and O–H groups in total. The van der Waals surface area contributed by atoms with Crippen molar-refractivity contribution >= 4 is 16.7 Å². The Labute approximate surface area is 149 Å². The Morgan fingerprint density at radius 2 is 2.00 bits per heavy atom. The number of rotatable bonds is 3. The van der Waals surface area contributed by atoms with E-state index in [4.69, 9.17) is 4.74 Å². The number of guanidine groups is 1. The molecule has 1 saturated heterocycles. The molecule has 2 aromatic carbocycles. The first kappa shape index (κ1) is 16.4. The second-order valence-electron chi connectivity index (χ2n) is 7.79. The van der Waals surface area contributed by atoms with E-state index in [-0.39, 0.29) is 5.41 Å². The molecule has 3 unspecified atom stereocenters. The Balaban J connectivity index is 1.40. The fourth-order valence-electron chi connectivity index (χ4n) is 4.49.